The molecule has 1 saturated carbocycles. The lowest BCUT2D eigenvalue weighted by Gasteiger charge is -2.47. The van der Waals surface area contributed by atoms with Gasteiger partial charge in [-0.3, -0.25) is 4.90 Å². The van der Waals surface area contributed by atoms with E-state index in [9.17, 15) is 0 Å². The summed E-state index contributed by atoms with van der Waals surface area (Å²) in [5.41, 5.74) is 8.02. The maximum absolute atomic E-state index is 6.67. The highest BCUT2D eigenvalue weighted by Crippen LogP contribution is 2.38. The summed E-state index contributed by atoms with van der Waals surface area (Å²) in [5.74, 6) is 0. The van der Waals surface area contributed by atoms with Crippen molar-refractivity contribution in [2.45, 2.75) is 50.6 Å². The van der Waals surface area contributed by atoms with Gasteiger partial charge in [0.05, 0.1) is 23.9 Å². The van der Waals surface area contributed by atoms with Gasteiger partial charge in [0, 0.05) is 36.5 Å². The summed E-state index contributed by atoms with van der Waals surface area (Å²) >= 11 is 1.72. The van der Waals surface area contributed by atoms with Crippen molar-refractivity contribution in [3.63, 3.8) is 0 Å². The van der Waals surface area contributed by atoms with E-state index in [1.54, 1.807) is 11.3 Å². The molecule has 1 atom stereocenters. The van der Waals surface area contributed by atoms with E-state index >= 15 is 0 Å². The molecular formula is C15H25N3OS. The van der Waals surface area contributed by atoms with Crippen LogP contribution in [0.15, 0.2) is 5.38 Å². The van der Waals surface area contributed by atoms with Crippen LogP contribution in [0.3, 0.4) is 0 Å². The van der Waals surface area contributed by atoms with Crippen LogP contribution < -0.4 is 5.73 Å². The third kappa shape index (κ3) is 2.77. The van der Waals surface area contributed by atoms with Crippen molar-refractivity contribution in [3.8, 4) is 0 Å². The maximum Gasteiger partial charge on any atom is 0.0897 e. The molecule has 0 spiro atoms. The highest BCUT2D eigenvalue weighted by Gasteiger charge is 2.44. The lowest BCUT2D eigenvalue weighted by Crippen LogP contribution is -2.61. The minimum atomic E-state index is 0.182. The normalized spacial score (nSPS) is 24.9. The van der Waals surface area contributed by atoms with Gasteiger partial charge >= 0.3 is 0 Å². The number of ether oxygens (including phenoxy) is 1. The smallest absolute Gasteiger partial charge is 0.0897 e. The fourth-order valence-corrected chi connectivity index (χ4v) is 4.46. The Labute approximate surface area is 125 Å². The van der Waals surface area contributed by atoms with Crippen LogP contribution in [0.4, 0.5) is 0 Å². The minimum absolute atomic E-state index is 0.182. The van der Waals surface area contributed by atoms with Crippen LogP contribution in [0.5, 0.6) is 0 Å². The summed E-state index contributed by atoms with van der Waals surface area (Å²) < 4.78 is 5.51. The second-order valence-electron chi connectivity index (χ2n) is 6.08. The lowest BCUT2D eigenvalue weighted by molar-refractivity contribution is -0.0306. The number of hydrogen-bond acceptors (Lipinski definition) is 5. The topological polar surface area (TPSA) is 51.4 Å². The van der Waals surface area contributed by atoms with E-state index < -0.39 is 0 Å². The average Bonchev–Trinajstić information content (AvgIpc) is 3.10. The Hall–Kier alpha value is -0.490. The minimum Gasteiger partial charge on any atom is -0.379 e. The molecule has 112 valence electrons. The highest BCUT2D eigenvalue weighted by molar-refractivity contribution is 7.09. The SMILES string of the molecule is Cc1nc(CC(N)C2(N3CCOCC3)CCCC2)cs1. The van der Waals surface area contributed by atoms with E-state index in [1.807, 2.05) is 0 Å². The number of nitrogens with zero attached hydrogens (tertiary/aromatic N) is 2. The molecule has 5 heteroatoms. The number of thiazole rings is 1. The van der Waals surface area contributed by atoms with E-state index in [0.29, 0.717) is 0 Å². The van der Waals surface area contributed by atoms with Crippen LogP contribution >= 0.6 is 11.3 Å². The molecule has 20 heavy (non-hydrogen) atoms. The standard InChI is InChI=1S/C15H25N3OS/c1-12-17-13(11-20-12)10-14(16)15(4-2-3-5-15)18-6-8-19-9-7-18/h11,14H,2-10,16H2,1H3. The van der Waals surface area contributed by atoms with Crippen molar-refractivity contribution < 1.29 is 4.74 Å². The molecule has 2 heterocycles. The predicted octanol–water partition coefficient (Wildman–Crippen LogP) is 1.97. The summed E-state index contributed by atoms with van der Waals surface area (Å²) in [6.45, 7) is 5.83. The molecule has 1 saturated heterocycles. The highest BCUT2D eigenvalue weighted by atomic mass is 32.1. The van der Waals surface area contributed by atoms with E-state index in [0.717, 1.165) is 37.7 Å². The van der Waals surface area contributed by atoms with E-state index in [1.165, 1.54) is 31.4 Å². The van der Waals surface area contributed by atoms with Crippen LogP contribution in [-0.2, 0) is 11.2 Å². The number of aryl methyl sites for hydroxylation is 1. The first-order valence-electron chi connectivity index (χ1n) is 7.70. The summed E-state index contributed by atoms with van der Waals surface area (Å²) in [4.78, 5) is 7.20. The molecule has 0 aromatic carbocycles. The van der Waals surface area contributed by atoms with Gasteiger partial charge in [-0.15, -0.1) is 11.3 Å². The first-order valence-corrected chi connectivity index (χ1v) is 8.58. The van der Waals surface area contributed by atoms with Gasteiger partial charge in [0.1, 0.15) is 0 Å². The Morgan fingerprint density at radius 1 is 1.40 bits per heavy atom. The van der Waals surface area contributed by atoms with E-state index in [4.69, 9.17) is 10.5 Å². The van der Waals surface area contributed by atoms with Crippen molar-refractivity contribution in [1.82, 2.24) is 9.88 Å². The van der Waals surface area contributed by atoms with Crippen LogP contribution in [0.1, 0.15) is 36.4 Å². The third-order valence-corrected chi connectivity index (χ3v) is 5.72. The average molecular weight is 295 g/mol. The number of hydrogen-bond donors (Lipinski definition) is 1. The molecule has 2 aliphatic rings. The Morgan fingerprint density at radius 3 is 2.70 bits per heavy atom. The van der Waals surface area contributed by atoms with Gasteiger partial charge in [-0.1, -0.05) is 12.8 Å². The zero-order valence-corrected chi connectivity index (χ0v) is 13.1. The molecule has 1 aromatic heterocycles. The van der Waals surface area contributed by atoms with Crippen molar-refractivity contribution in [2.75, 3.05) is 26.3 Å². The largest absolute Gasteiger partial charge is 0.379 e. The Balaban J connectivity index is 1.75. The number of rotatable bonds is 4. The Kier molecular flexibility index (Phi) is 4.40. The quantitative estimate of drug-likeness (QED) is 0.922. The summed E-state index contributed by atoms with van der Waals surface area (Å²) in [6.07, 6.45) is 5.98. The van der Waals surface area contributed by atoms with Gasteiger partial charge < -0.3 is 10.5 Å². The Morgan fingerprint density at radius 2 is 2.10 bits per heavy atom. The molecule has 1 unspecified atom stereocenters. The molecule has 0 bridgehead atoms. The second kappa shape index (κ2) is 6.10. The first-order chi connectivity index (χ1) is 9.71. The van der Waals surface area contributed by atoms with Crippen LogP contribution in [0.25, 0.3) is 0 Å². The molecule has 1 aromatic rings. The fourth-order valence-electron chi connectivity index (χ4n) is 3.83. The van der Waals surface area contributed by atoms with Crippen LogP contribution in [0.2, 0.25) is 0 Å². The zero-order chi connectivity index (χ0) is 14.0. The molecule has 1 aliphatic heterocycles. The molecule has 2 N–H and O–H groups in total. The van der Waals surface area contributed by atoms with Gasteiger partial charge in [0.25, 0.3) is 0 Å². The van der Waals surface area contributed by atoms with Crippen molar-refractivity contribution in [3.05, 3.63) is 16.1 Å². The zero-order valence-electron chi connectivity index (χ0n) is 12.3. The van der Waals surface area contributed by atoms with Crippen molar-refractivity contribution >= 4 is 11.3 Å². The van der Waals surface area contributed by atoms with Gasteiger partial charge in [0.2, 0.25) is 0 Å². The summed E-state index contributed by atoms with van der Waals surface area (Å²) in [7, 11) is 0. The first kappa shape index (κ1) is 14.4. The fraction of sp³-hybridized carbons (Fsp3) is 0.800. The molecule has 2 fully saturated rings. The maximum atomic E-state index is 6.67. The number of aromatic nitrogens is 1. The van der Waals surface area contributed by atoms with Crippen molar-refractivity contribution in [1.29, 1.82) is 0 Å². The third-order valence-electron chi connectivity index (χ3n) is 4.90. The molecule has 1 aliphatic carbocycles. The Bertz CT molecular complexity index is 436. The van der Waals surface area contributed by atoms with Gasteiger partial charge in [-0.25, -0.2) is 4.98 Å². The molecule has 4 nitrogen and oxygen atoms in total. The lowest BCUT2D eigenvalue weighted by atomic mass is 9.83. The van der Waals surface area contributed by atoms with Gasteiger partial charge in [-0.2, -0.15) is 0 Å². The van der Waals surface area contributed by atoms with E-state index in [-0.39, 0.29) is 11.6 Å². The van der Waals surface area contributed by atoms with Crippen LogP contribution in [0, 0.1) is 6.92 Å². The molecule has 0 amide bonds. The number of morpholine rings is 1. The van der Waals surface area contributed by atoms with Gasteiger partial charge in [-0.05, 0) is 19.8 Å². The number of nitrogens with two attached hydrogens (primary N) is 1. The second-order valence-corrected chi connectivity index (χ2v) is 7.14. The van der Waals surface area contributed by atoms with E-state index in [2.05, 4.69) is 22.2 Å². The molecule has 0 radical (unpaired) electrons. The van der Waals surface area contributed by atoms with Crippen molar-refractivity contribution in [2.24, 2.45) is 5.73 Å². The van der Waals surface area contributed by atoms with Gasteiger partial charge in [0.15, 0.2) is 0 Å². The molecule has 3 rings (SSSR count). The predicted molar refractivity (Wildman–Crippen MR) is 82.1 cm³/mol. The van der Waals surface area contributed by atoms with Crippen LogP contribution in [-0.4, -0.2) is 47.8 Å². The monoisotopic (exact) mass is 295 g/mol. The molecular weight excluding hydrogens is 270 g/mol. The summed E-state index contributed by atoms with van der Waals surface area (Å²) in [6, 6.07) is 0.185. The summed E-state index contributed by atoms with van der Waals surface area (Å²) in [5, 5.41) is 3.30.